The number of rotatable bonds is 6. The molecule has 0 saturated heterocycles. The van der Waals surface area contributed by atoms with Crippen LogP contribution in [0.15, 0.2) is 58.3 Å². The molecule has 1 aliphatic heterocycles. The zero-order chi connectivity index (χ0) is 18.4. The van der Waals surface area contributed by atoms with Crippen molar-refractivity contribution >= 4 is 17.5 Å². The first-order chi connectivity index (χ1) is 12.0. The Morgan fingerprint density at radius 3 is 2.56 bits per heavy atom. The largest absolute Gasteiger partial charge is 0.353 e. The molecule has 1 unspecified atom stereocenters. The Kier molecular flexibility index (Phi) is 6.66. The highest BCUT2D eigenvalue weighted by molar-refractivity contribution is 8.03. The third kappa shape index (κ3) is 4.24. The number of benzene rings is 1. The molecule has 0 radical (unpaired) electrons. The highest BCUT2D eigenvalue weighted by Gasteiger charge is 2.32. The van der Waals surface area contributed by atoms with Gasteiger partial charge in [-0.15, -0.1) is 11.8 Å². The van der Waals surface area contributed by atoms with Crippen molar-refractivity contribution < 1.29 is 4.79 Å². The molecule has 0 bridgehead atoms. The van der Waals surface area contributed by atoms with Crippen molar-refractivity contribution in [1.29, 1.82) is 5.26 Å². The minimum Gasteiger partial charge on any atom is -0.353 e. The average Bonchev–Trinajstić information content (AvgIpc) is 2.61. The summed E-state index contributed by atoms with van der Waals surface area (Å²) in [4.78, 5) is 12.3. The first kappa shape index (κ1) is 19.1. The molecule has 0 fully saturated rings. The number of nitrogens with zero attached hydrogens (tertiary/aromatic N) is 1. The molecule has 25 heavy (non-hydrogen) atoms. The summed E-state index contributed by atoms with van der Waals surface area (Å²) >= 11 is 1.59. The Balaban J connectivity index is 2.54. The summed E-state index contributed by atoms with van der Waals surface area (Å²) in [5, 5.41) is 13.9. The summed E-state index contributed by atoms with van der Waals surface area (Å²) in [6, 6.07) is 10.6. The number of Topliss-reactive ketones (excluding diaryl/α,β-unsaturated/α-hetero) is 1. The van der Waals surface area contributed by atoms with E-state index in [4.69, 9.17) is 0 Å². The zero-order valence-corrected chi connectivity index (χ0v) is 16.0. The van der Waals surface area contributed by atoms with E-state index >= 15 is 0 Å². The highest BCUT2D eigenvalue weighted by Crippen LogP contribution is 2.40. The Labute approximate surface area is 154 Å². The van der Waals surface area contributed by atoms with Crippen LogP contribution in [0.4, 0.5) is 0 Å². The van der Waals surface area contributed by atoms with Crippen LogP contribution in [0.1, 0.15) is 44.7 Å². The molecule has 4 heteroatoms. The third-order valence-corrected chi connectivity index (χ3v) is 5.28. The van der Waals surface area contributed by atoms with Crippen LogP contribution in [0, 0.1) is 11.3 Å². The lowest BCUT2D eigenvalue weighted by Gasteiger charge is -2.29. The van der Waals surface area contributed by atoms with E-state index in [0.717, 1.165) is 28.5 Å². The predicted octanol–water partition coefficient (Wildman–Crippen LogP) is 4.84. The summed E-state index contributed by atoms with van der Waals surface area (Å²) in [7, 11) is 0. The maximum absolute atomic E-state index is 12.3. The van der Waals surface area contributed by atoms with Gasteiger partial charge in [-0.1, -0.05) is 43.3 Å². The van der Waals surface area contributed by atoms with Crippen LogP contribution in [0.2, 0.25) is 0 Å². The average molecular weight is 353 g/mol. The molecule has 1 aliphatic rings. The van der Waals surface area contributed by atoms with Gasteiger partial charge in [-0.2, -0.15) is 5.26 Å². The molecule has 130 valence electrons. The summed E-state index contributed by atoms with van der Waals surface area (Å²) in [5.41, 5.74) is 4.36. The molecule has 0 saturated carbocycles. The number of nitrogens with one attached hydrogen (secondary N) is 1. The van der Waals surface area contributed by atoms with Gasteiger partial charge in [-0.3, -0.25) is 4.79 Å². The SMILES string of the molecule is CC=CCSC1=C(C#N)C(c2ccc(CC)cc2)C(C(C)=O)=C(C)N1. The summed E-state index contributed by atoms with van der Waals surface area (Å²) < 4.78 is 0. The Hall–Kier alpha value is -2.25. The lowest BCUT2D eigenvalue weighted by molar-refractivity contribution is -0.113. The molecule has 0 amide bonds. The van der Waals surface area contributed by atoms with Gasteiger partial charge in [0.2, 0.25) is 0 Å². The number of thioether (sulfide) groups is 1. The number of carbonyl (C=O) groups is 1. The van der Waals surface area contributed by atoms with Crippen LogP contribution >= 0.6 is 11.8 Å². The number of hydrogen-bond acceptors (Lipinski definition) is 4. The van der Waals surface area contributed by atoms with Gasteiger partial charge < -0.3 is 5.32 Å². The second-order valence-electron chi connectivity index (χ2n) is 5.98. The number of nitriles is 1. The quantitative estimate of drug-likeness (QED) is 0.744. The van der Waals surface area contributed by atoms with E-state index in [1.165, 1.54) is 5.56 Å². The van der Waals surface area contributed by atoms with Gasteiger partial charge in [-0.25, -0.2) is 0 Å². The number of dihydropyridines is 1. The Morgan fingerprint density at radius 2 is 2.04 bits per heavy atom. The van der Waals surface area contributed by atoms with Gasteiger partial charge in [0.1, 0.15) is 0 Å². The van der Waals surface area contributed by atoms with E-state index in [9.17, 15) is 10.1 Å². The smallest absolute Gasteiger partial charge is 0.158 e. The number of hydrogen-bond donors (Lipinski definition) is 1. The van der Waals surface area contributed by atoms with E-state index in [1.54, 1.807) is 18.7 Å². The van der Waals surface area contributed by atoms with Crippen molar-refractivity contribution in [2.45, 2.75) is 40.0 Å². The number of aryl methyl sites for hydroxylation is 1. The minimum atomic E-state index is -0.303. The summed E-state index contributed by atoms with van der Waals surface area (Å²) in [6.07, 6.45) is 5.01. The fraction of sp³-hybridized carbons (Fsp3) is 0.333. The number of ketones is 1. The van der Waals surface area contributed by atoms with Crippen molar-refractivity contribution in [2.75, 3.05) is 5.75 Å². The van der Waals surface area contributed by atoms with E-state index in [1.807, 2.05) is 32.1 Å². The van der Waals surface area contributed by atoms with Crippen molar-refractivity contribution in [3.63, 3.8) is 0 Å². The summed E-state index contributed by atoms with van der Waals surface area (Å²) in [6.45, 7) is 7.57. The third-order valence-electron chi connectivity index (χ3n) is 4.31. The second kappa shape index (κ2) is 8.73. The van der Waals surface area contributed by atoms with Crippen LogP contribution in [-0.4, -0.2) is 11.5 Å². The maximum atomic E-state index is 12.3. The van der Waals surface area contributed by atoms with Crippen molar-refractivity contribution in [2.24, 2.45) is 0 Å². The van der Waals surface area contributed by atoms with E-state index in [2.05, 4.69) is 36.5 Å². The molecule has 1 heterocycles. The molecule has 1 atom stereocenters. The van der Waals surface area contributed by atoms with Gasteiger partial charge in [0, 0.05) is 17.0 Å². The van der Waals surface area contributed by atoms with Crippen molar-refractivity contribution in [3.05, 3.63) is 69.4 Å². The predicted molar refractivity (Wildman–Crippen MR) is 105 cm³/mol. The van der Waals surface area contributed by atoms with Crippen LogP contribution < -0.4 is 5.32 Å². The van der Waals surface area contributed by atoms with Gasteiger partial charge in [0.25, 0.3) is 0 Å². The van der Waals surface area contributed by atoms with Gasteiger partial charge in [0.15, 0.2) is 5.78 Å². The molecule has 0 spiro atoms. The Morgan fingerprint density at radius 1 is 1.36 bits per heavy atom. The lowest BCUT2D eigenvalue weighted by Crippen LogP contribution is -2.27. The van der Waals surface area contributed by atoms with E-state index in [0.29, 0.717) is 11.1 Å². The van der Waals surface area contributed by atoms with Crippen LogP contribution in [0.25, 0.3) is 0 Å². The zero-order valence-electron chi connectivity index (χ0n) is 15.2. The van der Waals surface area contributed by atoms with Crippen molar-refractivity contribution in [3.8, 4) is 6.07 Å². The molecular weight excluding hydrogens is 328 g/mol. The first-order valence-corrected chi connectivity index (χ1v) is 9.47. The van der Waals surface area contributed by atoms with Crippen LogP contribution in [0.3, 0.4) is 0 Å². The standard InChI is InChI=1S/C21H24N2OS/c1-5-7-12-25-21-18(13-22)20(19(15(4)24)14(3)23-21)17-10-8-16(6-2)9-11-17/h5,7-11,20,23H,6,12H2,1-4H3. The minimum absolute atomic E-state index is 0.000165. The monoisotopic (exact) mass is 352 g/mol. The van der Waals surface area contributed by atoms with Crippen molar-refractivity contribution in [1.82, 2.24) is 5.32 Å². The fourth-order valence-corrected chi connectivity index (χ4v) is 4.00. The number of carbonyl (C=O) groups excluding carboxylic acids is 1. The van der Waals surface area contributed by atoms with Gasteiger partial charge in [-0.05, 0) is 38.3 Å². The Bertz CT molecular complexity index is 779. The fourth-order valence-electron chi connectivity index (χ4n) is 3.00. The van der Waals surface area contributed by atoms with E-state index < -0.39 is 0 Å². The topological polar surface area (TPSA) is 52.9 Å². The second-order valence-corrected chi connectivity index (χ2v) is 7.01. The van der Waals surface area contributed by atoms with Crippen LogP contribution in [0.5, 0.6) is 0 Å². The summed E-state index contributed by atoms with van der Waals surface area (Å²) in [5.74, 6) is 0.483. The molecule has 0 aliphatic carbocycles. The van der Waals surface area contributed by atoms with Gasteiger partial charge >= 0.3 is 0 Å². The molecule has 0 aromatic heterocycles. The lowest BCUT2D eigenvalue weighted by atomic mass is 9.81. The first-order valence-electron chi connectivity index (χ1n) is 8.49. The van der Waals surface area contributed by atoms with Gasteiger partial charge in [0.05, 0.1) is 22.6 Å². The molecule has 1 aromatic carbocycles. The highest BCUT2D eigenvalue weighted by atomic mass is 32.2. The molecule has 1 N–H and O–H groups in total. The molecule has 3 nitrogen and oxygen atoms in total. The number of allylic oxidation sites excluding steroid dienone is 4. The van der Waals surface area contributed by atoms with E-state index in [-0.39, 0.29) is 11.7 Å². The van der Waals surface area contributed by atoms with Crippen LogP contribution in [-0.2, 0) is 11.2 Å². The molecule has 1 aromatic rings. The maximum Gasteiger partial charge on any atom is 0.158 e. The molecular formula is C21H24N2OS. The molecule has 2 rings (SSSR count). The normalized spacial score (nSPS) is 17.6.